The van der Waals surface area contributed by atoms with Crippen LogP contribution in [-0.4, -0.2) is 18.9 Å². The van der Waals surface area contributed by atoms with Crippen LogP contribution in [0.4, 0.5) is 0 Å². The van der Waals surface area contributed by atoms with Crippen LogP contribution in [0.1, 0.15) is 42.0 Å². The van der Waals surface area contributed by atoms with E-state index in [0.717, 1.165) is 31.1 Å². The summed E-state index contributed by atoms with van der Waals surface area (Å²) in [4.78, 5) is 6.10. The molecule has 1 aliphatic heterocycles. The summed E-state index contributed by atoms with van der Waals surface area (Å²) < 4.78 is 0. The second-order valence-electron chi connectivity index (χ2n) is 6.32. The standard InChI is InChI=1S/C20H22N2S2/c1-14-5-2-7-17-16(14)6-3-8-19(17)24-12-15-11-23-13-18(15)20-21-9-4-10-22-20/h3,5-6,8,11,13H,2,4,7,9-10,12H2,1H3,(H,21,22). The summed E-state index contributed by atoms with van der Waals surface area (Å²) in [5.74, 6) is 2.10. The molecule has 1 aromatic carbocycles. The fraction of sp³-hybridized carbons (Fsp3) is 0.350. The van der Waals surface area contributed by atoms with Crippen molar-refractivity contribution in [3.8, 4) is 0 Å². The molecule has 1 aromatic heterocycles. The monoisotopic (exact) mass is 354 g/mol. The predicted octanol–water partition coefficient (Wildman–Crippen LogP) is 5.13. The number of rotatable bonds is 4. The van der Waals surface area contributed by atoms with E-state index in [-0.39, 0.29) is 0 Å². The smallest absolute Gasteiger partial charge is 0.129 e. The molecule has 0 saturated heterocycles. The molecule has 0 amide bonds. The third-order valence-electron chi connectivity index (χ3n) is 4.68. The molecule has 1 N–H and O–H groups in total. The van der Waals surface area contributed by atoms with Crippen molar-refractivity contribution in [2.75, 3.05) is 13.1 Å². The molecule has 0 bridgehead atoms. The zero-order chi connectivity index (χ0) is 16.4. The van der Waals surface area contributed by atoms with Gasteiger partial charge in [-0.15, -0.1) is 11.8 Å². The minimum Gasteiger partial charge on any atom is -0.370 e. The Morgan fingerprint density at radius 2 is 2.21 bits per heavy atom. The third-order valence-corrected chi connectivity index (χ3v) is 6.62. The summed E-state index contributed by atoms with van der Waals surface area (Å²) in [5, 5.41) is 7.97. The van der Waals surface area contributed by atoms with Gasteiger partial charge in [0.15, 0.2) is 0 Å². The first-order valence-electron chi connectivity index (χ1n) is 8.58. The molecular formula is C20H22N2S2. The predicted molar refractivity (Wildman–Crippen MR) is 106 cm³/mol. The average Bonchev–Trinajstić information content (AvgIpc) is 3.10. The van der Waals surface area contributed by atoms with E-state index < -0.39 is 0 Å². The van der Waals surface area contributed by atoms with Crippen molar-refractivity contribution in [1.29, 1.82) is 0 Å². The lowest BCUT2D eigenvalue weighted by atomic mass is 9.92. The van der Waals surface area contributed by atoms with Crippen LogP contribution in [0.15, 0.2) is 44.9 Å². The molecule has 2 heterocycles. The Kier molecular flexibility index (Phi) is 4.76. The minimum absolute atomic E-state index is 0.947. The number of aliphatic imine (C=N–C) groups is 1. The molecule has 2 aromatic rings. The molecule has 2 aliphatic rings. The van der Waals surface area contributed by atoms with E-state index in [1.807, 2.05) is 11.8 Å². The van der Waals surface area contributed by atoms with Gasteiger partial charge in [0.2, 0.25) is 0 Å². The van der Waals surface area contributed by atoms with E-state index in [9.17, 15) is 0 Å². The van der Waals surface area contributed by atoms with Crippen molar-refractivity contribution >= 4 is 34.5 Å². The van der Waals surface area contributed by atoms with Crippen molar-refractivity contribution < 1.29 is 0 Å². The molecule has 0 spiro atoms. The van der Waals surface area contributed by atoms with E-state index in [4.69, 9.17) is 0 Å². The Hall–Kier alpha value is -1.52. The Balaban J connectivity index is 1.55. The van der Waals surface area contributed by atoms with Crippen molar-refractivity contribution in [2.24, 2.45) is 4.99 Å². The average molecular weight is 355 g/mol. The highest BCUT2D eigenvalue weighted by molar-refractivity contribution is 7.98. The van der Waals surface area contributed by atoms with E-state index in [1.54, 1.807) is 11.3 Å². The number of fused-ring (bicyclic) bond motifs is 1. The maximum atomic E-state index is 4.66. The lowest BCUT2D eigenvalue weighted by Crippen LogP contribution is -2.30. The van der Waals surface area contributed by atoms with Crippen molar-refractivity contribution in [3.63, 3.8) is 0 Å². The minimum atomic E-state index is 0.947. The van der Waals surface area contributed by atoms with Crippen LogP contribution in [0, 0.1) is 0 Å². The molecule has 4 heteroatoms. The Morgan fingerprint density at radius 1 is 1.25 bits per heavy atom. The Bertz CT molecular complexity index is 802. The van der Waals surface area contributed by atoms with Gasteiger partial charge in [-0.05, 0) is 59.9 Å². The van der Waals surface area contributed by atoms with Gasteiger partial charge in [0.25, 0.3) is 0 Å². The summed E-state index contributed by atoms with van der Waals surface area (Å²) in [6, 6.07) is 6.75. The molecule has 124 valence electrons. The Labute approximate surface area is 152 Å². The number of hydrogen-bond acceptors (Lipinski definition) is 4. The second kappa shape index (κ2) is 7.16. The van der Waals surface area contributed by atoms with Crippen LogP contribution < -0.4 is 5.32 Å². The highest BCUT2D eigenvalue weighted by Crippen LogP contribution is 2.35. The SMILES string of the molecule is CC1=CCCc2c(SCc3cscc3C3=NCCCN3)cccc21. The first-order chi connectivity index (χ1) is 11.8. The van der Waals surface area contributed by atoms with Gasteiger partial charge in [0, 0.05) is 34.7 Å². The van der Waals surface area contributed by atoms with Gasteiger partial charge in [0.1, 0.15) is 5.84 Å². The van der Waals surface area contributed by atoms with Gasteiger partial charge in [-0.3, -0.25) is 4.99 Å². The molecule has 1 aliphatic carbocycles. The van der Waals surface area contributed by atoms with Gasteiger partial charge < -0.3 is 5.32 Å². The largest absolute Gasteiger partial charge is 0.370 e. The van der Waals surface area contributed by atoms with Gasteiger partial charge in [-0.25, -0.2) is 0 Å². The highest BCUT2D eigenvalue weighted by Gasteiger charge is 2.16. The molecule has 0 radical (unpaired) electrons. The Morgan fingerprint density at radius 3 is 3.08 bits per heavy atom. The number of amidine groups is 1. The number of hydrogen-bond donors (Lipinski definition) is 1. The van der Waals surface area contributed by atoms with Crippen molar-refractivity contribution in [3.05, 3.63) is 57.3 Å². The maximum Gasteiger partial charge on any atom is 0.129 e. The number of benzene rings is 1. The normalized spacial score (nSPS) is 16.9. The lowest BCUT2D eigenvalue weighted by Gasteiger charge is -2.19. The number of thioether (sulfide) groups is 1. The van der Waals surface area contributed by atoms with E-state index in [1.165, 1.54) is 45.6 Å². The number of allylic oxidation sites excluding steroid dienone is 2. The van der Waals surface area contributed by atoms with Crippen molar-refractivity contribution in [2.45, 2.75) is 36.8 Å². The van der Waals surface area contributed by atoms with Crippen LogP contribution >= 0.6 is 23.1 Å². The number of thiophene rings is 1. The molecule has 2 nitrogen and oxygen atoms in total. The summed E-state index contributed by atoms with van der Waals surface area (Å²) in [5.41, 5.74) is 7.10. The summed E-state index contributed by atoms with van der Waals surface area (Å²) in [7, 11) is 0. The third kappa shape index (κ3) is 3.17. The fourth-order valence-electron chi connectivity index (χ4n) is 3.38. The zero-order valence-corrected chi connectivity index (χ0v) is 15.6. The molecule has 0 saturated carbocycles. The summed E-state index contributed by atoms with van der Waals surface area (Å²) in [6.45, 7) is 4.22. The van der Waals surface area contributed by atoms with Gasteiger partial charge in [0.05, 0.1) is 0 Å². The van der Waals surface area contributed by atoms with Crippen LogP contribution in [0.5, 0.6) is 0 Å². The van der Waals surface area contributed by atoms with Gasteiger partial charge >= 0.3 is 0 Å². The molecule has 4 rings (SSSR count). The van der Waals surface area contributed by atoms with E-state index in [2.05, 4.69) is 52.3 Å². The fourth-order valence-corrected chi connectivity index (χ4v) is 5.44. The first-order valence-corrected chi connectivity index (χ1v) is 10.5. The van der Waals surface area contributed by atoms with Crippen LogP contribution in [0.25, 0.3) is 5.57 Å². The topological polar surface area (TPSA) is 24.4 Å². The van der Waals surface area contributed by atoms with Gasteiger partial charge in [-0.2, -0.15) is 11.3 Å². The quantitative estimate of drug-likeness (QED) is 0.770. The zero-order valence-electron chi connectivity index (χ0n) is 14.0. The lowest BCUT2D eigenvalue weighted by molar-refractivity contribution is 0.742. The molecule has 0 unspecified atom stereocenters. The molecular weight excluding hydrogens is 332 g/mol. The van der Waals surface area contributed by atoms with E-state index >= 15 is 0 Å². The maximum absolute atomic E-state index is 4.66. The molecule has 24 heavy (non-hydrogen) atoms. The second-order valence-corrected chi connectivity index (χ2v) is 8.08. The summed E-state index contributed by atoms with van der Waals surface area (Å²) >= 11 is 3.75. The summed E-state index contributed by atoms with van der Waals surface area (Å²) in [6.07, 6.45) is 5.84. The van der Waals surface area contributed by atoms with Crippen LogP contribution in [-0.2, 0) is 12.2 Å². The number of nitrogens with one attached hydrogen (secondary N) is 1. The van der Waals surface area contributed by atoms with E-state index in [0.29, 0.717) is 0 Å². The highest BCUT2D eigenvalue weighted by atomic mass is 32.2. The van der Waals surface area contributed by atoms with Gasteiger partial charge in [-0.1, -0.05) is 18.2 Å². The molecule has 0 atom stereocenters. The molecule has 0 fully saturated rings. The number of nitrogens with zero attached hydrogens (tertiary/aromatic N) is 1. The van der Waals surface area contributed by atoms with Crippen molar-refractivity contribution in [1.82, 2.24) is 5.32 Å². The van der Waals surface area contributed by atoms with Crippen LogP contribution in [0.3, 0.4) is 0 Å². The van der Waals surface area contributed by atoms with Crippen LogP contribution in [0.2, 0.25) is 0 Å². The first kappa shape index (κ1) is 16.0.